The van der Waals surface area contributed by atoms with E-state index in [4.69, 9.17) is 4.74 Å². The number of carbonyl (C=O) groups is 2. The molecule has 2 N–H and O–H groups in total. The van der Waals surface area contributed by atoms with E-state index in [9.17, 15) is 9.59 Å². The van der Waals surface area contributed by atoms with Crippen LogP contribution in [0.5, 0.6) is 0 Å². The normalized spacial score (nSPS) is 17.5. The number of nitrogens with one attached hydrogen (secondary N) is 2. The quantitative estimate of drug-likeness (QED) is 0.652. The Morgan fingerprint density at radius 3 is 3.04 bits per heavy atom. The Labute approximate surface area is 159 Å². The van der Waals surface area contributed by atoms with E-state index in [1.165, 1.54) is 7.11 Å². The number of anilines is 3. The Morgan fingerprint density at radius 1 is 1.29 bits per heavy atom. The minimum absolute atomic E-state index is 0.0397. The highest BCUT2D eigenvalue weighted by Crippen LogP contribution is 2.39. The lowest BCUT2D eigenvalue weighted by Crippen LogP contribution is -2.48. The molecule has 0 radical (unpaired) electrons. The maximum absolute atomic E-state index is 13.1. The van der Waals surface area contributed by atoms with Gasteiger partial charge in [-0.25, -0.2) is 19.6 Å². The molecule has 1 fully saturated rings. The van der Waals surface area contributed by atoms with E-state index >= 15 is 0 Å². The van der Waals surface area contributed by atoms with Crippen LogP contribution in [0.15, 0.2) is 30.6 Å². The Morgan fingerprint density at radius 2 is 2.18 bits per heavy atom. The number of methoxy groups -OCH3 is 1. The number of aromatic nitrogens is 4. The third-order valence-electron chi connectivity index (χ3n) is 5.08. The molecule has 10 heteroatoms. The monoisotopic (exact) mass is 379 g/mol. The molecule has 1 saturated heterocycles. The van der Waals surface area contributed by atoms with Gasteiger partial charge in [0.05, 0.1) is 18.8 Å². The van der Waals surface area contributed by atoms with Crippen LogP contribution in [0.4, 0.5) is 22.2 Å². The number of H-pyrrole nitrogens is 1. The molecular formula is C18H17N7O3. The van der Waals surface area contributed by atoms with Crippen molar-refractivity contribution in [2.45, 2.75) is 12.5 Å². The summed E-state index contributed by atoms with van der Waals surface area (Å²) in [6, 6.07) is 4.85. The first-order valence-electron chi connectivity index (χ1n) is 8.88. The Bertz CT molecular complexity index is 1100. The molecule has 0 aliphatic carbocycles. The number of carbonyl (C=O) groups excluding carboxylic acids is 2. The van der Waals surface area contributed by atoms with E-state index in [2.05, 4.69) is 30.2 Å². The average molecular weight is 379 g/mol. The van der Waals surface area contributed by atoms with Gasteiger partial charge in [0.1, 0.15) is 5.65 Å². The van der Waals surface area contributed by atoms with Crippen molar-refractivity contribution in [3.8, 4) is 0 Å². The summed E-state index contributed by atoms with van der Waals surface area (Å²) < 4.78 is 4.76. The van der Waals surface area contributed by atoms with Gasteiger partial charge in [-0.2, -0.15) is 4.98 Å². The highest BCUT2D eigenvalue weighted by molar-refractivity contribution is 6.04. The maximum atomic E-state index is 13.1. The van der Waals surface area contributed by atoms with Crippen LogP contribution in [0.1, 0.15) is 16.9 Å². The van der Waals surface area contributed by atoms with E-state index in [0.29, 0.717) is 11.5 Å². The van der Waals surface area contributed by atoms with Gasteiger partial charge in [0.2, 0.25) is 5.95 Å². The number of aromatic amines is 1. The largest absolute Gasteiger partial charge is 0.464 e. The molecule has 2 bridgehead atoms. The molecule has 2 aliphatic rings. The van der Waals surface area contributed by atoms with Crippen molar-refractivity contribution in [3.05, 3.63) is 36.3 Å². The predicted octanol–water partition coefficient (Wildman–Crippen LogP) is 1.77. The lowest BCUT2D eigenvalue weighted by Gasteiger charge is -2.35. The van der Waals surface area contributed by atoms with Crippen LogP contribution >= 0.6 is 0 Å². The summed E-state index contributed by atoms with van der Waals surface area (Å²) >= 11 is 0. The fourth-order valence-electron chi connectivity index (χ4n) is 3.74. The third kappa shape index (κ3) is 2.53. The second-order valence-corrected chi connectivity index (χ2v) is 6.69. The van der Waals surface area contributed by atoms with Crippen molar-refractivity contribution in [1.82, 2.24) is 19.9 Å². The molecule has 1 atom stereocenters. The smallest absolute Gasteiger partial charge is 0.356 e. The van der Waals surface area contributed by atoms with Crippen LogP contribution in [0.2, 0.25) is 0 Å². The SMILES string of the molecule is COC(=O)c1ccc2c(n1)N(C(=O)Nc1ncc3cc[nH]c3n1)[C@H]1CCN2C1. The van der Waals surface area contributed by atoms with Crippen LogP contribution in [0, 0.1) is 0 Å². The van der Waals surface area contributed by atoms with Crippen molar-refractivity contribution in [2.75, 3.05) is 35.3 Å². The number of amides is 2. The highest BCUT2D eigenvalue weighted by atomic mass is 16.5. The van der Waals surface area contributed by atoms with Gasteiger partial charge < -0.3 is 14.6 Å². The van der Waals surface area contributed by atoms with E-state index in [0.717, 1.165) is 30.6 Å². The number of rotatable bonds is 2. The Hall–Kier alpha value is -3.69. The number of urea groups is 1. The van der Waals surface area contributed by atoms with Crippen LogP contribution < -0.4 is 15.1 Å². The fourth-order valence-corrected chi connectivity index (χ4v) is 3.74. The summed E-state index contributed by atoms with van der Waals surface area (Å²) in [6.45, 7) is 1.54. The van der Waals surface area contributed by atoms with E-state index in [1.807, 2.05) is 6.07 Å². The molecule has 3 aromatic heterocycles. The zero-order valence-electron chi connectivity index (χ0n) is 15.0. The van der Waals surface area contributed by atoms with Gasteiger partial charge in [-0.05, 0) is 24.6 Å². The molecule has 0 saturated carbocycles. The standard InChI is InChI=1S/C18H17N7O3/c1-28-16(26)12-2-3-13-15(21-12)25(11-5-7-24(13)9-11)18(27)23-17-20-8-10-4-6-19-14(10)22-17/h2-4,6,8,11H,5,7,9H2,1H3,(H2,19,20,22,23,27)/t11-/m0/s1. The molecule has 5 rings (SSSR count). The lowest BCUT2D eigenvalue weighted by molar-refractivity contribution is 0.0594. The summed E-state index contributed by atoms with van der Waals surface area (Å²) in [6.07, 6.45) is 4.22. The molecule has 0 aromatic carbocycles. The lowest BCUT2D eigenvalue weighted by atomic mass is 10.2. The van der Waals surface area contributed by atoms with Crippen LogP contribution in [-0.4, -0.2) is 58.2 Å². The molecule has 28 heavy (non-hydrogen) atoms. The van der Waals surface area contributed by atoms with Crippen molar-refractivity contribution in [1.29, 1.82) is 0 Å². The van der Waals surface area contributed by atoms with Gasteiger partial charge in [0.15, 0.2) is 11.5 Å². The topological polar surface area (TPSA) is 116 Å². The molecule has 10 nitrogen and oxygen atoms in total. The van der Waals surface area contributed by atoms with Gasteiger partial charge in [-0.1, -0.05) is 0 Å². The van der Waals surface area contributed by atoms with Crippen molar-refractivity contribution in [3.63, 3.8) is 0 Å². The molecule has 5 heterocycles. The average Bonchev–Trinajstić information content (AvgIpc) is 3.34. The van der Waals surface area contributed by atoms with Gasteiger partial charge in [0, 0.05) is 30.9 Å². The summed E-state index contributed by atoms with van der Waals surface area (Å²) in [5, 5.41) is 3.61. The number of esters is 1. The molecular weight excluding hydrogens is 362 g/mol. The van der Waals surface area contributed by atoms with E-state index in [-0.39, 0.29) is 23.7 Å². The summed E-state index contributed by atoms with van der Waals surface area (Å²) in [5.41, 5.74) is 1.62. The molecule has 3 aromatic rings. The number of hydrogen-bond acceptors (Lipinski definition) is 7. The Balaban J connectivity index is 1.50. The number of pyridine rings is 1. The molecule has 2 aliphatic heterocycles. The molecule has 2 amide bonds. The first-order valence-corrected chi connectivity index (χ1v) is 8.88. The van der Waals surface area contributed by atoms with E-state index in [1.54, 1.807) is 29.4 Å². The first kappa shape index (κ1) is 16.5. The van der Waals surface area contributed by atoms with Crippen molar-refractivity contribution in [2.24, 2.45) is 0 Å². The summed E-state index contributed by atoms with van der Waals surface area (Å²) in [4.78, 5) is 44.7. The third-order valence-corrected chi connectivity index (χ3v) is 5.08. The summed E-state index contributed by atoms with van der Waals surface area (Å²) in [5.74, 6) is 0.0951. The minimum atomic E-state index is -0.545. The van der Waals surface area contributed by atoms with E-state index < -0.39 is 5.97 Å². The number of ether oxygens (including phenoxy) is 1. The fraction of sp³-hybridized carbons (Fsp3) is 0.278. The van der Waals surface area contributed by atoms with Gasteiger partial charge in [0.25, 0.3) is 0 Å². The van der Waals surface area contributed by atoms with Gasteiger partial charge in [-0.3, -0.25) is 10.2 Å². The Kier molecular flexibility index (Phi) is 3.64. The van der Waals surface area contributed by atoms with Crippen molar-refractivity contribution >= 4 is 40.5 Å². The number of fused-ring (bicyclic) bond motifs is 5. The molecule has 0 unspecified atom stereocenters. The first-order chi connectivity index (χ1) is 13.6. The zero-order valence-corrected chi connectivity index (χ0v) is 15.0. The minimum Gasteiger partial charge on any atom is -0.464 e. The molecule has 0 spiro atoms. The van der Waals surface area contributed by atoms with Crippen LogP contribution in [0.3, 0.4) is 0 Å². The second-order valence-electron chi connectivity index (χ2n) is 6.69. The van der Waals surface area contributed by atoms with Crippen LogP contribution in [0.25, 0.3) is 11.0 Å². The van der Waals surface area contributed by atoms with Gasteiger partial charge in [-0.15, -0.1) is 0 Å². The van der Waals surface area contributed by atoms with Crippen molar-refractivity contribution < 1.29 is 14.3 Å². The van der Waals surface area contributed by atoms with Crippen LogP contribution in [-0.2, 0) is 4.74 Å². The summed E-state index contributed by atoms with van der Waals surface area (Å²) in [7, 11) is 1.30. The predicted molar refractivity (Wildman–Crippen MR) is 102 cm³/mol. The second kappa shape index (κ2) is 6.19. The number of hydrogen-bond donors (Lipinski definition) is 2. The number of nitrogens with zero attached hydrogens (tertiary/aromatic N) is 5. The maximum Gasteiger partial charge on any atom is 0.356 e. The van der Waals surface area contributed by atoms with Gasteiger partial charge >= 0.3 is 12.0 Å². The zero-order chi connectivity index (χ0) is 19.3. The molecule has 142 valence electrons. The highest BCUT2D eigenvalue weighted by Gasteiger charge is 2.40.